The number of rotatable bonds is 5. The van der Waals surface area contributed by atoms with Gasteiger partial charge in [0.15, 0.2) is 0 Å². The molecule has 0 saturated heterocycles. The van der Waals surface area contributed by atoms with Gasteiger partial charge in [0.2, 0.25) is 0 Å². The van der Waals surface area contributed by atoms with Crippen molar-refractivity contribution in [3.63, 3.8) is 0 Å². The van der Waals surface area contributed by atoms with Gasteiger partial charge in [0.25, 0.3) is 11.8 Å². The van der Waals surface area contributed by atoms with Crippen molar-refractivity contribution in [2.75, 3.05) is 0 Å². The first-order chi connectivity index (χ1) is 12.7. The number of carbonyl (C=O) groups is 2. The quantitative estimate of drug-likeness (QED) is 0.696. The van der Waals surface area contributed by atoms with E-state index in [2.05, 4.69) is 15.8 Å². The van der Waals surface area contributed by atoms with Crippen molar-refractivity contribution in [3.8, 4) is 5.75 Å². The van der Waals surface area contributed by atoms with Gasteiger partial charge in [-0.15, -0.1) is 0 Å². The van der Waals surface area contributed by atoms with Crippen molar-refractivity contribution >= 4 is 11.8 Å². The predicted octanol–water partition coefficient (Wildman–Crippen LogP) is 2.74. The Bertz CT molecular complexity index is 866. The molecule has 0 aliphatic rings. The molecular formula is C20H17N3O3. The van der Waals surface area contributed by atoms with E-state index in [1.54, 1.807) is 42.6 Å². The lowest BCUT2D eigenvalue weighted by Crippen LogP contribution is -2.41. The first-order valence-electron chi connectivity index (χ1n) is 8.00. The molecule has 0 unspecified atom stereocenters. The molecule has 0 spiro atoms. The van der Waals surface area contributed by atoms with Crippen LogP contribution in [0.4, 0.5) is 0 Å². The molecule has 2 amide bonds. The first kappa shape index (κ1) is 17.2. The topological polar surface area (TPSA) is 80.3 Å². The van der Waals surface area contributed by atoms with E-state index in [4.69, 9.17) is 4.74 Å². The summed E-state index contributed by atoms with van der Waals surface area (Å²) in [7, 11) is 0. The van der Waals surface area contributed by atoms with Gasteiger partial charge in [-0.2, -0.15) is 0 Å². The minimum absolute atomic E-state index is 0.359. The Morgan fingerprint density at radius 2 is 1.50 bits per heavy atom. The van der Waals surface area contributed by atoms with E-state index in [0.717, 1.165) is 5.56 Å². The lowest BCUT2D eigenvalue weighted by atomic mass is 10.2. The maximum atomic E-state index is 12.1. The Morgan fingerprint density at radius 1 is 0.808 bits per heavy atom. The SMILES string of the molecule is O=C(NNC(=O)c1cccnc1)c1ccc(OCc2ccccc2)cc1. The van der Waals surface area contributed by atoms with Gasteiger partial charge in [0.05, 0.1) is 5.56 Å². The van der Waals surface area contributed by atoms with Crippen LogP contribution in [0.15, 0.2) is 79.1 Å². The number of carbonyl (C=O) groups excluding carboxylic acids is 2. The normalized spacial score (nSPS) is 10.0. The van der Waals surface area contributed by atoms with E-state index in [9.17, 15) is 9.59 Å². The van der Waals surface area contributed by atoms with E-state index in [1.165, 1.54) is 6.20 Å². The van der Waals surface area contributed by atoms with E-state index in [-0.39, 0.29) is 0 Å². The van der Waals surface area contributed by atoms with Gasteiger partial charge in [-0.05, 0) is 42.0 Å². The standard InChI is InChI=1S/C20H17N3O3/c24-19(22-23-20(25)17-7-4-12-21-13-17)16-8-10-18(11-9-16)26-14-15-5-2-1-3-6-15/h1-13H,14H2,(H,22,24)(H,23,25). The summed E-state index contributed by atoms with van der Waals surface area (Å²) < 4.78 is 5.67. The molecule has 0 fully saturated rings. The van der Waals surface area contributed by atoms with E-state index in [1.807, 2.05) is 30.3 Å². The third-order valence-electron chi connectivity index (χ3n) is 3.58. The van der Waals surface area contributed by atoms with Crippen molar-refractivity contribution in [2.45, 2.75) is 6.61 Å². The number of benzene rings is 2. The van der Waals surface area contributed by atoms with Crippen molar-refractivity contribution in [1.82, 2.24) is 15.8 Å². The Morgan fingerprint density at radius 3 is 2.15 bits per heavy atom. The molecule has 2 N–H and O–H groups in total. The minimum Gasteiger partial charge on any atom is -0.489 e. The second-order valence-electron chi connectivity index (χ2n) is 5.45. The molecule has 2 aromatic carbocycles. The van der Waals surface area contributed by atoms with Crippen LogP contribution in [0.3, 0.4) is 0 Å². The number of pyridine rings is 1. The molecule has 3 aromatic rings. The molecule has 1 heterocycles. The molecule has 0 aliphatic carbocycles. The van der Waals surface area contributed by atoms with Crippen molar-refractivity contribution < 1.29 is 14.3 Å². The smallest absolute Gasteiger partial charge is 0.271 e. The number of hydrogen-bond acceptors (Lipinski definition) is 4. The number of nitrogens with zero attached hydrogens (tertiary/aromatic N) is 1. The fourth-order valence-electron chi connectivity index (χ4n) is 2.20. The van der Waals surface area contributed by atoms with Crippen molar-refractivity contribution in [2.24, 2.45) is 0 Å². The average molecular weight is 347 g/mol. The maximum Gasteiger partial charge on any atom is 0.271 e. The Labute approximate surface area is 150 Å². The Balaban J connectivity index is 1.51. The van der Waals surface area contributed by atoms with Gasteiger partial charge < -0.3 is 4.74 Å². The molecule has 0 bridgehead atoms. The van der Waals surface area contributed by atoms with Crippen molar-refractivity contribution in [1.29, 1.82) is 0 Å². The van der Waals surface area contributed by atoms with E-state index >= 15 is 0 Å². The number of amides is 2. The van der Waals surface area contributed by atoms with Crippen LogP contribution in [0.5, 0.6) is 5.75 Å². The monoisotopic (exact) mass is 347 g/mol. The van der Waals surface area contributed by atoms with Crippen LogP contribution in [-0.4, -0.2) is 16.8 Å². The Kier molecular flexibility index (Phi) is 5.57. The second kappa shape index (κ2) is 8.43. The zero-order valence-electron chi connectivity index (χ0n) is 13.9. The summed E-state index contributed by atoms with van der Waals surface area (Å²) in [6.45, 7) is 0.452. The summed E-state index contributed by atoms with van der Waals surface area (Å²) in [5, 5.41) is 0. The largest absolute Gasteiger partial charge is 0.489 e. The number of hydrogen-bond donors (Lipinski definition) is 2. The average Bonchev–Trinajstić information content (AvgIpc) is 2.72. The summed E-state index contributed by atoms with van der Waals surface area (Å²) in [4.78, 5) is 27.8. The highest BCUT2D eigenvalue weighted by Crippen LogP contribution is 2.14. The van der Waals surface area contributed by atoms with Gasteiger partial charge in [-0.3, -0.25) is 25.4 Å². The van der Waals surface area contributed by atoms with Crippen LogP contribution in [-0.2, 0) is 6.61 Å². The maximum absolute atomic E-state index is 12.1. The highest BCUT2D eigenvalue weighted by molar-refractivity contribution is 5.98. The third-order valence-corrected chi connectivity index (χ3v) is 3.58. The molecule has 0 saturated carbocycles. The Hall–Kier alpha value is -3.67. The summed E-state index contributed by atoms with van der Waals surface area (Å²) in [6.07, 6.45) is 2.98. The van der Waals surface area contributed by atoms with Gasteiger partial charge in [0.1, 0.15) is 12.4 Å². The lowest BCUT2D eigenvalue weighted by Gasteiger charge is -2.09. The fraction of sp³-hybridized carbons (Fsp3) is 0.0500. The highest BCUT2D eigenvalue weighted by atomic mass is 16.5. The fourth-order valence-corrected chi connectivity index (χ4v) is 2.20. The number of nitrogens with one attached hydrogen (secondary N) is 2. The van der Waals surface area contributed by atoms with Crippen LogP contribution in [0.25, 0.3) is 0 Å². The molecule has 3 rings (SSSR count). The highest BCUT2D eigenvalue weighted by Gasteiger charge is 2.09. The number of ether oxygens (including phenoxy) is 1. The summed E-state index contributed by atoms with van der Waals surface area (Å²) >= 11 is 0. The molecule has 6 nitrogen and oxygen atoms in total. The molecule has 0 radical (unpaired) electrons. The first-order valence-corrected chi connectivity index (χ1v) is 8.00. The molecule has 0 aliphatic heterocycles. The lowest BCUT2D eigenvalue weighted by molar-refractivity contribution is 0.0846. The number of hydrazine groups is 1. The summed E-state index contributed by atoms with van der Waals surface area (Å²) in [6, 6.07) is 19.7. The molecule has 1 aromatic heterocycles. The number of aromatic nitrogens is 1. The van der Waals surface area contributed by atoms with Gasteiger partial charge >= 0.3 is 0 Å². The molecule has 0 atom stereocenters. The third kappa shape index (κ3) is 4.67. The molecular weight excluding hydrogens is 330 g/mol. The van der Waals surface area contributed by atoms with E-state index < -0.39 is 11.8 Å². The summed E-state index contributed by atoms with van der Waals surface area (Å²) in [5.74, 6) is -0.198. The van der Waals surface area contributed by atoms with Crippen LogP contribution in [0.1, 0.15) is 26.3 Å². The van der Waals surface area contributed by atoms with E-state index in [0.29, 0.717) is 23.5 Å². The van der Waals surface area contributed by atoms with Crippen LogP contribution in [0.2, 0.25) is 0 Å². The van der Waals surface area contributed by atoms with Crippen LogP contribution in [0, 0.1) is 0 Å². The molecule has 130 valence electrons. The predicted molar refractivity (Wildman–Crippen MR) is 96.4 cm³/mol. The molecule has 26 heavy (non-hydrogen) atoms. The minimum atomic E-state index is -0.436. The van der Waals surface area contributed by atoms with Crippen LogP contribution < -0.4 is 15.6 Å². The zero-order valence-corrected chi connectivity index (χ0v) is 13.9. The zero-order chi connectivity index (χ0) is 18.2. The molecule has 6 heteroatoms. The second-order valence-corrected chi connectivity index (χ2v) is 5.45. The van der Waals surface area contributed by atoms with Crippen molar-refractivity contribution in [3.05, 3.63) is 95.8 Å². The van der Waals surface area contributed by atoms with Gasteiger partial charge in [0, 0.05) is 18.0 Å². The van der Waals surface area contributed by atoms with Gasteiger partial charge in [-0.25, -0.2) is 0 Å². The summed E-state index contributed by atoms with van der Waals surface area (Å²) in [5.41, 5.74) is 6.54. The van der Waals surface area contributed by atoms with Crippen LogP contribution >= 0.6 is 0 Å². The van der Waals surface area contributed by atoms with Gasteiger partial charge in [-0.1, -0.05) is 30.3 Å².